The lowest BCUT2D eigenvalue weighted by atomic mass is 9.65. The zero-order valence-electron chi connectivity index (χ0n) is 12.6. The fourth-order valence-corrected chi connectivity index (χ4v) is 3.72. The number of halogens is 3. The largest absolute Gasteiger partial charge is 0.465 e. The van der Waals surface area contributed by atoms with Crippen LogP contribution in [0.1, 0.15) is 36.9 Å². The summed E-state index contributed by atoms with van der Waals surface area (Å²) in [6, 6.07) is 2.55. The summed E-state index contributed by atoms with van der Waals surface area (Å²) < 4.78 is 37.5. The van der Waals surface area contributed by atoms with Crippen LogP contribution in [-0.2, 0) is 12.6 Å². The Bertz CT molecular complexity index is 570. The molecule has 0 bridgehead atoms. The second-order valence-electron chi connectivity index (χ2n) is 6.82. The predicted octanol–water partition coefficient (Wildman–Crippen LogP) is 3.81. The van der Waals surface area contributed by atoms with E-state index in [9.17, 15) is 18.0 Å². The zero-order valence-corrected chi connectivity index (χ0v) is 12.6. The van der Waals surface area contributed by atoms with E-state index in [1.54, 1.807) is 0 Å². The number of pyridine rings is 1. The molecule has 0 unspecified atom stereocenters. The highest BCUT2D eigenvalue weighted by atomic mass is 19.4. The molecule has 2 aliphatic rings. The van der Waals surface area contributed by atoms with E-state index in [1.807, 2.05) is 0 Å². The van der Waals surface area contributed by atoms with E-state index >= 15 is 0 Å². The second-order valence-corrected chi connectivity index (χ2v) is 6.82. The smallest absolute Gasteiger partial charge is 0.417 e. The average Bonchev–Trinajstić information content (AvgIpc) is 2.45. The van der Waals surface area contributed by atoms with Gasteiger partial charge in [-0.05, 0) is 50.2 Å². The van der Waals surface area contributed by atoms with Crippen molar-refractivity contribution in [3.8, 4) is 0 Å². The van der Waals surface area contributed by atoms with Gasteiger partial charge in [-0.25, -0.2) is 4.79 Å². The Labute approximate surface area is 132 Å². The minimum Gasteiger partial charge on any atom is -0.465 e. The first-order valence-corrected chi connectivity index (χ1v) is 7.77. The van der Waals surface area contributed by atoms with Gasteiger partial charge in [-0.3, -0.25) is 4.98 Å². The normalized spacial score (nSPS) is 21.3. The van der Waals surface area contributed by atoms with Crippen LogP contribution in [0.2, 0.25) is 0 Å². The van der Waals surface area contributed by atoms with Gasteiger partial charge in [0.15, 0.2) is 0 Å². The minimum atomic E-state index is -4.34. The van der Waals surface area contributed by atoms with Crippen molar-refractivity contribution < 1.29 is 23.1 Å². The average molecular weight is 328 g/mol. The summed E-state index contributed by atoms with van der Waals surface area (Å²) >= 11 is 0. The maximum atomic E-state index is 12.5. The van der Waals surface area contributed by atoms with Crippen LogP contribution in [0.15, 0.2) is 18.3 Å². The summed E-state index contributed by atoms with van der Waals surface area (Å²) in [7, 11) is 0. The highest BCUT2D eigenvalue weighted by molar-refractivity contribution is 5.66. The predicted molar refractivity (Wildman–Crippen MR) is 76.9 cm³/mol. The molecular formula is C16H19F3N2O2. The Morgan fingerprint density at radius 1 is 1.30 bits per heavy atom. The van der Waals surface area contributed by atoms with Gasteiger partial charge in [0.1, 0.15) is 0 Å². The molecule has 1 saturated carbocycles. The Balaban J connectivity index is 1.51. The summed E-state index contributed by atoms with van der Waals surface area (Å²) in [5.41, 5.74) is 0.120. The number of aromatic nitrogens is 1. The van der Waals surface area contributed by atoms with Crippen LogP contribution >= 0.6 is 0 Å². The third kappa shape index (κ3) is 3.43. The van der Waals surface area contributed by atoms with Crippen LogP contribution in [0.3, 0.4) is 0 Å². The van der Waals surface area contributed by atoms with E-state index in [-0.39, 0.29) is 5.41 Å². The van der Waals surface area contributed by atoms with Crippen molar-refractivity contribution >= 4 is 6.09 Å². The van der Waals surface area contributed by atoms with Gasteiger partial charge in [-0.2, -0.15) is 13.2 Å². The number of hydrogen-bond acceptors (Lipinski definition) is 2. The highest BCUT2D eigenvalue weighted by Gasteiger charge is 2.46. The molecule has 23 heavy (non-hydrogen) atoms. The third-order valence-corrected chi connectivity index (χ3v) is 5.14. The molecular weight excluding hydrogens is 309 g/mol. The molecule has 2 fully saturated rings. The third-order valence-electron chi connectivity index (χ3n) is 5.14. The van der Waals surface area contributed by atoms with Gasteiger partial charge < -0.3 is 10.0 Å². The zero-order chi connectivity index (χ0) is 16.7. The standard InChI is InChI=1S/C16H19F3N2O2/c17-16(18,19)12-1-2-13(20-8-12)7-11-3-5-15(6-4-11)9-21(10-15)14(22)23/h1-2,8,11H,3-7,9-10H2,(H,22,23). The molecule has 7 heteroatoms. The Morgan fingerprint density at radius 2 is 1.96 bits per heavy atom. The van der Waals surface area contributed by atoms with Crippen molar-refractivity contribution in [2.24, 2.45) is 11.3 Å². The van der Waals surface area contributed by atoms with Crippen LogP contribution in [0, 0.1) is 11.3 Å². The molecule has 1 amide bonds. The van der Waals surface area contributed by atoms with E-state index in [4.69, 9.17) is 5.11 Å². The van der Waals surface area contributed by atoms with Crippen LogP contribution in [-0.4, -0.2) is 34.2 Å². The van der Waals surface area contributed by atoms with Gasteiger partial charge in [0.2, 0.25) is 0 Å². The molecule has 1 aromatic heterocycles. The maximum Gasteiger partial charge on any atom is 0.417 e. The summed E-state index contributed by atoms with van der Waals surface area (Å²) in [4.78, 5) is 16.2. The Hall–Kier alpha value is -1.79. The lowest BCUT2D eigenvalue weighted by molar-refractivity contribution is -0.137. The number of carbonyl (C=O) groups is 1. The lowest BCUT2D eigenvalue weighted by Crippen LogP contribution is -2.59. The molecule has 1 N–H and O–H groups in total. The summed E-state index contributed by atoms with van der Waals surface area (Å²) in [6.07, 6.45) is 0.332. The Morgan fingerprint density at radius 3 is 2.43 bits per heavy atom. The monoisotopic (exact) mass is 328 g/mol. The molecule has 1 spiro atoms. The number of rotatable bonds is 2. The van der Waals surface area contributed by atoms with Crippen molar-refractivity contribution in [3.63, 3.8) is 0 Å². The van der Waals surface area contributed by atoms with E-state index < -0.39 is 17.8 Å². The SMILES string of the molecule is O=C(O)N1CC2(CCC(Cc3ccc(C(F)(F)F)cn3)CC2)C1. The molecule has 4 nitrogen and oxygen atoms in total. The molecule has 1 aliphatic heterocycles. The summed E-state index contributed by atoms with van der Waals surface area (Å²) in [6.45, 7) is 1.24. The number of carboxylic acid groups (broad SMARTS) is 1. The molecule has 1 saturated heterocycles. The van der Waals surface area contributed by atoms with Gasteiger partial charge >= 0.3 is 12.3 Å². The molecule has 2 heterocycles. The van der Waals surface area contributed by atoms with E-state index in [1.165, 1.54) is 11.0 Å². The number of alkyl halides is 3. The molecule has 0 atom stereocenters. The van der Waals surface area contributed by atoms with E-state index in [0.717, 1.165) is 37.9 Å². The van der Waals surface area contributed by atoms with Gasteiger partial charge in [-0.1, -0.05) is 0 Å². The number of nitrogens with zero attached hydrogens (tertiary/aromatic N) is 2. The summed E-state index contributed by atoms with van der Waals surface area (Å²) in [5, 5.41) is 8.91. The molecule has 3 rings (SSSR count). The van der Waals surface area contributed by atoms with E-state index in [2.05, 4.69) is 4.98 Å². The molecule has 1 aromatic rings. The Kier molecular flexibility index (Phi) is 3.98. The first-order valence-electron chi connectivity index (χ1n) is 7.77. The lowest BCUT2D eigenvalue weighted by Gasteiger charge is -2.52. The molecule has 0 aromatic carbocycles. The van der Waals surface area contributed by atoms with Gasteiger partial charge in [-0.15, -0.1) is 0 Å². The number of hydrogen-bond donors (Lipinski definition) is 1. The van der Waals surface area contributed by atoms with Crippen molar-refractivity contribution in [1.29, 1.82) is 0 Å². The van der Waals surface area contributed by atoms with Crippen molar-refractivity contribution in [1.82, 2.24) is 9.88 Å². The van der Waals surface area contributed by atoms with Crippen molar-refractivity contribution in [3.05, 3.63) is 29.6 Å². The second kappa shape index (κ2) is 5.69. The van der Waals surface area contributed by atoms with Crippen molar-refractivity contribution in [2.45, 2.75) is 38.3 Å². The summed E-state index contributed by atoms with van der Waals surface area (Å²) in [5.74, 6) is 0.420. The van der Waals surface area contributed by atoms with Crippen molar-refractivity contribution in [2.75, 3.05) is 13.1 Å². The fourth-order valence-electron chi connectivity index (χ4n) is 3.72. The number of likely N-dealkylation sites (tertiary alicyclic amines) is 1. The van der Waals surface area contributed by atoms with Crippen LogP contribution in [0.4, 0.5) is 18.0 Å². The topological polar surface area (TPSA) is 53.4 Å². The van der Waals surface area contributed by atoms with Crippen LogP contribution in [0.25, 0.3) is 0 Å². The fraction of sp³-hybridized carbons (Fsp3) is 0.625. The number of amides is 1. The van der Waals surface area contributed by atoms with Crippen LogP contribution in [0.5, 0.6) is 0 Å². The quantitative estimate of drug-likeness (QED) is 0.898. The van der Waals surface area contributed by atoms with Gasteiger partial charge in [0.25, 0.3) is 0 Å². The minimum absolute atomic E-state index is 0.141. The molecule has 1 aliphatic carbocycles. The maximum absolute atomic E-state index is 12.5. The van der Waals surface area contributed by atoms with Gasteiger partial charge in [0.05, 0.1) is 5.56 Å². The first-order chi connectivity index (χ1) is 10.8. The first kappa shape index (κ1) is 16.1. The molecule has 126 valence electrons. The molecule has 0 radical (unpaired) electrons. The van der Waals surface area contributed by atoms with Gasteiger partial charge in [0, 0.05) is 30.4 Å². The van der Waals surface area contributed by atoms with Crippen LogP contribution < -0.4 is 0 Å². The highest BCUT2D eigenvalue weighted by Crippen LogP contribution is 2.46. The van der Waals surface area contributed by atoms with E-state index in [0.29, 0.717) is 31.1 Å².